The van der Waals surface area contributed by atoms with Crippen LogP contribution in [0.15, 0.2) is 11.6 Å². The highest BCUT2D eigenvalue weighted by atomic mass is 16.2. The molecule has 128 valence electrons. The average Bonchev–Trinajstić information content (AvgIpc) is 2.67. The molecule has 2 fully saturated rings. The van der Waals surface area contributed by atoms with Gasteiger partial charge in [0.15, 0.2) is 0 Å². The number of hydrogen-bond donors (Lipinski definition) is 1. The molecule has 23 heavy (non-hydrogen) atoms. The van der Waals surface area contributed by atoms with Gasteiger partial charge in [0.25, 0.3) is 0 Å². The predicted molar refractivity (Wildman–Crippen MR) is 91.7 cm³/mol. The molecule has 1 amide bonds. The number of carbonyl (C=O) groups is 2. The summed E-state index contributed by atoms with van der Waals surface area (Å²) < 4.78 is 0. The van der Waals surface area contributed by atoms with Gasteiger partial charge in [0, 0.05) is 18.4 Å². The Bertz CT molecular complexity index is 550. The zero-order valence-electron chi connectivity index (χ0n) is 15.2. The van der Waals surface area contributed by atoms with E-state index < -0.39 is 5.41 Å². The maximum atomic E-state index is 13.2. The number of carbonyl (C=O) groups excluding carboxylic acids is 2. The van der Waals surface area contributed by atoms with E-state index >= 15 is 0 Å². The highest BCUT2D eigenvalue weighted by Gasteiger charge is 2.65. The van der Waals surface area contributed by atoms with E-state index in [4.69, 9.17) is 0 Å². The summed E-state index contributed by atoms with van der Waals surface area (Å²) in [5.74, 6) is 1.77. The van der Waals surface area contributed by atoms with Gasteiger partial charge in [-0.1, -0.05) is 39.3 Å². The SMILES string of the molecule is CC1=C[C@H]2C[C@@H](C)CCC(=O)C23C(=O)NC(CC(C)C)C3[C@H]1C. The van der Waals surface area contributed by atoms with E-state index in [1.54, 1.807) is 0 Å². The number of hydrogen-bond acceptors (Lipinski definition) is 2. The molecule has 3 nitrogen and oxygen atoms in total. The van der Waals surface area contributed by atoms with Crippen LogP contribution in [-0.4, -0.2) is 17.7 Å². The fraction of sp³-hybridized carbons (Fsp3) is 0.800. The van der Waals surface area contributed by atoms with Gasteiger partial charge in [-0.25, -0.2) is 0 Å². The van der Waals surface area contributed by atoms with E-state index in [0.717, 1.165) is 19.3 Å². The second-order valence-corrected chi connectivity index (χ2v) is 8.71. The average molecular weight is 317 g/mol. The highest BCUT2D eigenvalue weighted by Crippen LogP contribution is 2.57. The standard InChI is InChI=1S/C20H31NO2/c1-11(2)8-16-18-14(5)13(4)10-15-9-12(3)6-7-17(22)20(15,18)19(23)21-16/h10-12,14-16,18H,6-9H2,1-5H3,(H,21,23)/t12-,14-,15+,16?,18?,20?/m0/s1. The van der Waals surface area contributed by atoms with Crippen molar-refractivity contribution in [1.29, 1.82) is 0 Å². The molecule has 1 aliphatic heterocycles. The summed E-state index contributed by atoms with van der Waals surface area (Å²) in [5.41, 5.74) is 0.575. The van der Waals surface area contributed by atoms with Crippen LogP contribution in [-0.2, 0) is 9.59 Å². The first kappa shape index (κ1) is 16.7. The predicted octanol–water partition coefficient (Wildman–Crippen LogP) is 3.73. The third kappa shape index (κ3) is 2.38. The number of allylic oxidation sites excluding steroid dienone is 2. The number of rotatable bonds is 2. The van der Waals surface area contributed by atoms with Crippen LogP contribution in [0, 0.1) is 35.0 Å². The van der Waals surface area contributed by atoms with E-state index in [2.05, 4.69) is 46.0 Å². The smallest absolute Gasteiger partial charge is 0.234 e. The second-order valence-electron chi connectivity index (χ2n) is 8.71. The molecule has 3 heteroatoms. The molecule has 1 N–H and O–H groups in total. The highest BCUT2D eigenvalue weighted by molar-refractivity contribution is 6.09. The molecule has 3 unspecified atom stereocenters. The summed E-state index contributed by atoms with van der Waals surface area (Å²) in [7, 11) is 0. The fourth-order valence-electron chi connectivity index (χ4n) is 5.51. The molecule has 0 bridgehead atoms. The Kier molecular flexibility index (Phi) is 4.18. The van der Waals surface area contributed by atoms with Gasteiger partial charge in [0.05, 0.1) is 0 Å². The molecule has 0 aromatic rings. The minimum Gasteiger partial charge on any atom is -0.352 e. The van der Waals surface area contributed by atoms with Crippen LogP contribution in [0.2, 0.25) is 0 Å². The van der Waals surface area contributed by atoms with Crippen molar-refractivity contribution in [3.63, 3.8) is 0 Å². The number of nitrogens with one attached hydrogen (secondary N) is 1. The van der Waals surface area contributed by atoms with E-state index in [0.29, 0.717) is 24.2 Å². The van der Waals surface area contributed by atoms with Gasteiger partial charge in [0.2, 0.25) is 5.91 Å². The van der Waals surface area contributed by atoms with Crippen molar-refractivity contribution in [1.82, 2.24) is 5.32 Å². The molecule has 1 saturated carbocycles. The maximum absolute atomic E-state index is 13.2. The maximum Gasteiger partial charge on any atom is 0.234 e. The van der Waals surface area contributed by atoms with Crippen LogP contribution in [0.25, 0.3) is 0 Å². The van der Waals surface area contributed by atoms with E-state index in [-0.39, 0.29) is 29.6 Å². The molecule has 1 heterocycles. The molecule has 3 rings (SSSR count). The van der Waals surface area contributed by atoms with Crippen molar-refractivity contribution in [2.24, 2.45) is 35.0 Å². The number of amides is 1. The Morgan fingerprint density at radius 3 is 2.65 bits per heavy atom. The van der Waals surface area contributed by atoms with Crippen molar-refractivity contribution in [3.8, 4) is 0 Å². The topological polar surface area (TPSA) is 46.2 Å². The fourth-order valence-corrected chi connectivity index (χ4v) is 5.51. The van der Waals surface area contributed by atoms with Crippen LogP contribution >= 0.6 is 0 Å². The lowest BCUT2D eigenvalue weighted by molar-refractivity contribution is -0.146. The Morgan fingerprint density at radius 1 is 1.30 bits per heavy atom. The monoisotopic (exact) mass is 317 g/mol. The Morgan fingerprint density at radius 2 is 2.00 bits per heavy atom. The van der Waals surface area contributed by atoms with E-state index in [1.807, 2.05) is 0 Å². The summed E-state index contributed by atoms with van der Waals surface area (Å²) in [6.45, 7) is 11.0. The molecule has 3 aliphatic rings. The van der Waals surface area contributed by atoms with Gasteiger partial charge < -0.3 is 5.32 Å². The van der Waals surface area contributed by atoms with Crippen molar-refractivity contribution >= 4 is 11.7 Å². The van der Waals surface area contributed by atoms with Crippen LogP contribution in [0.4, 0.5) is 0 Å². The number of Topliss-reactive ketones (excluding diaryl/α,β-unsaturated/α-hetero) is 1. The van der Waals surface area contributed by atoms with Crippen LogP contribution in [0.3, 0.4) is 0 Å². The van der Waals surface area contributed by atoms with Crippen LogP contribution in [0.5, 0.6) is 0 Å². The second kappa shape index (κ2) is 5.75. The molecule has 0 aromatic carbocycles. The Hall–Kier alpha value is -1.12. The van der Waals surface area contributed by atoms with Gasteiger partial charge in [0.1, 0.15) is 11.2 Å². The van der Waals surface area contributed by atoms with Gasteiger partial charge in [-0.3, -0.25) is 9.59 Å². The third-order valence-corrected chi connectivity index (χ3v) is 6.66. The lowest BCUT2D eigenvalue weighted by Crippen LogP contribution is -2.52. The molecule has 1 saturated heterocycles. The molecule has 6 atom stereocenters. The molecular weight excluding hydrogens is 286 g/mol. The van der Waals surface area contributed by atoms with Gasteiger partial charge >= 0.3 is 0 Å². The zero-order chi connectivity index (χ0) is 16.9. The van der Waals surface area contributed by atoms with Crippen LogP contribution in [0.1, 0.15) is 60.3 Å². The van der Waals surface area contributed by atoms with E-state index in [9.17, 15) is 9.59 Å². The van der Waals surface area contributed by atoms with Gasteiger partial charge in [-0.05, 0) is 49.9 Å². The quantitative estimate of drug-likeness (QED) is 0.623. The van der Waals surface area contributed by atoms with Crippen molar-refractivity contribution in [2.45, 2.75) is 66.3 Å². The summed E-state index contributed by atoms with van der Waals surface area (Å²) >= 11 is 0. The minimum atomic E-state index is -0.788. The van der Waals surface area contributed by atoms with Crippen LogP contribution < -0.4 is 5.32 Å². The summed E-state index contributed by atoms with van der Waals surface area (Å²) in [6, 6.07) is 0.140. The van der Waals surface area contributed by atoms with Gasteiger partial charge in [-0.2, -0.15) is 0 Å². The first-order valence-corrected chi connectivity index (χ1v) is 9.31. The largest absolute Gasteiger partial charge is 0.352 e. The Labute approximate surface area is 140 Å². The molecule has 1 spiro atoms. The summed E-state index contributed by atoms with van der Waals surface area (Å²) in [4.78, 5) is 26.3. The minimum absolute atomic E-state index is 0.0212. The lowest BCUT2D eigenvalue weighted by Gasteiger charge is -2.45. The van der Waals surface area contributed by atoms with Crippen molar-refractivity contribution in [2.75, 3.05) is 0 Å². The lowest BCUT2D eigenvalue weighted by atomic mass is 9.54. The third-order valence-electron chi connectivity index (χ3n) is 6.66. The first-order chi connectivity index (χ1) is 10.8. The van der Waals surface area contributed by atoms with Gasteiger partial charge in [-0.15, -0.1) is 0 Å². The van der Waals surface area contributed by atoms with Crippen molar-refractivity contribution < 1.29 is 9.59 Å². The van der Waals surface area contributed by atoms with Crippen molar-refractivity contribution in [3.05, 3.63) is 11.6 Å². The number of ketones is 1. The first-order valence-electron chi connectivity index (χ1n) is 9.31. The van der Waals surface area contributed by atoms with E-state index in [1.165, 1.54) is 5.57 Å². The molecular formula is C20H31NO2. The molecule has 0 radical (unpaired) electrons. The zero-order valence-corrected chi connectivity index (χ0v) is 15.2. The Balaban J connectivity index is 2.12. The summed E-state index contributed by atoms with van der Waals surface area (Å²) in [5, 5.41) is 3.25. The summed E-state index contributed by atoms with van der Waals surface area (Å²) in [6.07, 6.45) is 5.68. The molecule has 2 aliphatic carbocycles. The molecule has 0 aromatic heterocycles. The normalized spacial score (nSPS) is 43.6.